The van der Waals surface area contributed by atoms with Crippen LogP contribution in [-0.4, -0.2) is 33.0 Å². The summed E-state index contributed by atoms with van der Waals surface area (Å²) < 4.78 is 0. The van der Waals surface area contributed by atoms with E-state index < -0.39 is 5.97 Å². The van der Waals surface area contributed by atoms with Crippen LogP contribution in [0, 0.1) is 6.92 Å². The van der Waals surface area contributed by atoms with Crippen molar-refractivity contribution < 1.29 is 14.7 Å². The van der Waals surface area contributed by atoms with E-state index in [-0.39, 0.29) is 11.6 Å². The van der Waals surface area contributed by atoms with Crippen LogP contribution in [-0.2, 0) is 4.79 Å². The minimum Gasteiger partial charge on any atom is -0.477 e. The van der Waals surface area contributed by atoms with Crippen LogP contribution in [0.3, 0.4) is 0 Å². The molecule has 5 nitrogen and oxygen atoms in total. The van der Waals surface area contributed by atoms with E-state index in [9.17, 15) is 9.59 Å². The van der Waals surface area contributed by atoms with Gasteiger partial charge in [0, 0.05) is 5.69 Å². The van der Waals surface area contributed by atoms with Crippen molar-refractivity contribution >= 4 is 29.3 Å². The van der Waals surface area contributed by atoms with E-state index in [4.69, 9.17) is 5.11 Å². The summed E-state index contributed by atoms with van der Waals surface area (Å²) in [5, 5.41) is 11.9. The first kappa shape index (κ1) is 13.6. The van der Waals surface area contributed by atoms with E-state index >= 15 is 0 Å². The average molecular weight is 256 g/mol. The van der Waals surface area contributed by atoms with Crippen LogP contribution in [0.25, 0.3) is 0 Å². The van der Waals surface area contributed by atoms with Gasteiger partial charge in [0.2, 0.25) is 5.91 Å². The van der Waals surface area contributed by atoms with E-state index in [0.29, 0.717) is 22.4 Å². The molecule has 0 fully saturated rings. The topological polar surface area (TPSA) is 82.2 Å². The summed E-state index contributed by atoms with van der Waals surface area (Å²) in [6, 6.07) is 1.61. The Kier molecular flexibility index (Phi) is 4.62. The Balaban J connectivity index is 2.68. The second-order valence-electron chi connectivity index (χ2n) is 3.95. The highest BCUT2D eigenvalue weighted by Gasteiger charge is 2.15. The van der Waals surface area contributed by atoms with E-state index in [1.807, 2.05) is 13.8 Å². The lowest BCUT2D eigenvalue weighted by atomic mass is 10.3. The largest absolute Gasteiger partial charge is 0.477 e. The van der Waals surface area contributed by atoms with Gasteiger partial charge in [0.15, 0.2) is 0 Å². The lowest BCUT2D eigenvalue weighted by Gasteiger charge is -2.06. The monoisotopic (exact) mass is 256 g/mol. The first-order valence-electron chi connectivity index (χ1n) is 5.24. The predicted molar refractivity (Wildman–Crippen MR) is 68.7 cm³/mol. The molecule has 17 heavy (non-hydrogen) atoms. The van der Waals surface area contributed by atoms with Crippen LogP contribution >= 0.6 is 11.8 Å². The lowest BCUT2D eigenvalue weighted by Crippen LogP contribution is -2.16. The second kappa shape index (κ2) is 5.77. The van der Waals surface area contributed by atoms with Crippen LogP contribution in [0.1, 0.15) is 30.0 Å². The first-order chi connectivity index (χ1) is 7.90. The van der Waals surface area contributed by atoms with Gasteiger partial charge < -0.3 is 15.4 Å². The van der Waals surface area contributed by atoms with Gasteiger partial charge in [-0.2, -0.15) is 0 Å². The fourth-order valence-electron chi connectivity index (χ4n) is 1.29. The molecule has 1 amide bonds. The molecule has 94 valence electrons. The van der Waals surface area contributed by atoms with Gasteiger partial charge in [-0.3, -0.25) is 4.79 Å². The number of carbonyl (C=O) groups excluding carboxylic acids is 1. The van der Waals surface area contributed by atoms with Crippen molar-refractivity contribution in [2.24, 2.45) is 0 Å². The molecular weight excluding hydrogens is 240 g/mol. The number of nitrogens with one attached hydrogen (secondary N) is 2. The molecule has 1 aromatic rings. The highest BCUT2D eigenvalue weighted by Crippen LogP contribution is 2.17. The molecule has 1 rings (SSSR count). The molecule has 6 heteroatoms. The quantitative estimate of drug-likeness (QED) is 0.753. The van der Waals surface area contributed by atoms with Crippen LogP contribution < -0.4 is 5.32 Å². The maximum Gasteiger partial charge on any atom is 0.354 e. The fourth-order valence-corrected chi connectivity index (χ4v) is 1.84. The van der Waals surface area contributed by atoms with Gasteiger partial charge in [0.1, 0.15) is 5.69 Å². The molecule has 0 bridgehead atoms. The van der Waals surface area contributed by atoms with Gasteiger partial charge >= 0.3 is 5.97 Å². The maximum atomic E-state index is 11.6. The average Bonchev–Trinajstić information content (AvgIpc) is 2.56. The molecule has 3 N–H and O–H groups in total. The third-order valence-electron chi connectivity index (χ3n) is 1.99. The summed E-state index contributed by atoms with van der Waals surface area (Å²) in [5.41, 5.74) is 1.05. The number of carbonyl (C=O) groups is 2. The number of H-pyrrole nitrogens is 1. The van der Waals surface area contributed by atoms with Crippen molar-refractivity contribution in [2.75, 3.05) is 11.1 Å². The number of aromatic nitrogens is 1. The molecule has 1 heterocycles. The SMILES string of the molecule is Cc1cc(NC(=O)CSC(C)C)c(C(=O)O)[nH]1. The van der Waals surface area contributed by atoms with E-state index in [0.717, 1.165) is 0 Å². The van der Waals surface area contributed by atoms with Crippen LogP contribution in [0.5, 0.6) is 0 Å². The van der Waals surface area contributed by atoms with Crippen molar-refractivity contribution in [1.29, 1.82) is 0 Å². The van der Waals surface area contributed by atoms with Crippen LogP contribution in [0.2, 0.25) is 0 Å². The molecule has 0 unspecified atom stereocenters. The zero-order valence-electron chi connectivity index (χ0n) is 10.0. The number of rotatable bonds is 5. The molecule has 0 radical (unpaired) electrons. The van der Waals surface area contributed by atoms with Crippen molar-refractivity contribution in [3.63, 3.8) is 0 Å². The Labute approximate surface area is 104 Å². The fraction of sp³-hybridized carbons (Fsp3) is 0.455. The molecule has 0 atom stereocenters. The molecule has 0 aliphatic rings. The lowest BCUT2D eigenvalue weighted by molar-refractivity contribution is -0.113. The Hall–Kier alpha value is -1.43. The van der Waals surface area contributed by atoms with Gasteiger partial charge in [0.25, 0.3) is 0 Å². The number of hydrogen-bond acceptors (Lipinski definition) is 3. The summed E-state index contributed by atoms with van der Waals surface area (Å²) in [6.45, 7) is 5.74. The third-order valence-corrected chi connectivity index (χ3v) is 3.08. The third kappa shape index (κ3) is 4.14. The Morgan fingerprint density at radius 3 is 2.71 bits per heavy atom. The Morgan fingerprint density at radius 1 is 1.53 bits per heavy atom. The molecule has 0 aliphatic carbocycles. The molecule has 0 aromatic carbocycles. The van der Waals surface area contributed by atoms with Gasteiger partial charge in [-0.25, -0.2) is 4.79 Å². The summed E-state index contributed by atoms with van der Waals surface area (Å²) >= 11 is 1.51. The molecular formula is C11H16N2O3S. The zero-order chi connectivity index (χ0) is 13.0. The minimum absolute atomic E-state index is 0.0189. The molecule has 1 aromatic heterocycles. The number of aromatic carboxylic acids is 1. The summed E-state index contributed by atoms with van der Waals surface area (Å²) in [5.74, 6) is -0.948. The Bertz CT molecular complexity index is 426. The van der Waals surface area contributed by atoms with Crippen LogP contribution in [0.15, 0.2) is 6.07 Å². The normalized spacial score (nSPS) is 10.6. The molecule has 0 aliphatic heterocycles. The minimum atomic E-state index is -1.08. The van der Waals surface area contributed by atoms with E-state index in [1.165, 1.54) is 11.8 Å². The number of aryl methyl sites for hydroxylation is 1. The number of carboxylic acid groups (broad SMARTS) is 1. The van der Waals surface area contributed by atoms with Crippen molar-refractivity contribution in [1.82, 2.24) is 4.98 Å². The van der Waals surface area contributed by atoms with Gasteiger partial charge in [-0.05, 0) is 18.2 Å². The number of amides is 1. The Morgan fingerprint density at radius 2 is 2.18 bits per heavy atom. The summed E-state index contributed by atoms with van der Waals surface area (Å²) in [4.78, 5) is 25.2. The number of hydrogen-bond donors (Lipinski definition) is 3. The molecule has 0 saturated heterocycles. The first-order valence-corrected chi connectivity index (χ1v) is 6.29. The molecule has 0 saturated carbocycles. The van der Waals surface area contributed by atoms with Gasteiger partial charge in [-0.1, -0.05) is 13.8 Å². The van der Waals surface area contributed by atoms with E-state index in [2.05, 4.69) is 10.3 Å². The van der Waals surface area contributed by atoms with Crippen molar-refractivity contribution in [2.45, 2.75) is 26.0 Å². The second-order valence-corrected chi connectivity index (χ2v) is 5.52. The van der Waals surface area contributed by atoms with Gasteiger partial charge in [0.05, 0.1) is 11.4 Å². The number of thioether (sulfide) groups is 1. The van der Waals surface area contributed by atoms with Crippen molar-refractivity contribution in [3.05, 3.63) is 17.5 Å². The predicted octanol–water partition coefficient (Wildman–Crippen LogP) is 2.10. The van der Waals surface area contributed by atoms with E-state index in [1.54, 1.807) is 13.0 Å². The van der Waals surface area contributed by atoms with Gasteiger partial charge in [-0.15, -0.1) is 11.8 Å². The molecule has 0 spiro atoms. The number of carboxylic acids is 1. The maximum absolute atomic E-state index is 11.6. The summed E-state index contributed by atoms with van der Waals surface area (Å²) in [7, 11) is 0. The highest BCUT2D eigenvalue weighted by atomic mass is 32.2. The van der Waals surface area contributed by atoms with Crippen molar-refractivity contribution in [3.8, 4) is 0 Å². The smallest absolute Gasteiger partial charge is 0.354 e. The zero-order valence-corrected chi connectivity index (χ0v) is 10.9. The van der Waals surface area contributed by atoms with Crippen LogP contribution in [0.4, 0.5) is 5.69 Å². The number of aromatic amines is 1. The number of anilines is 1. The summed E-state index contributed by atoms with van der Waals surface area (Å²) in [6.07, 6.45) is 0. The standard InChI is InChI=1S/C11H16N2O3S/c1-6(2)17-5-9(14)13-8-4-7(3)12-10(8)11(15)16/h4,6,12H,5H2,1-3H3,(H,13,14)(H,15,16). The highest BCUT2D eigenvalue weighted by molar-refractivity contribution is 8.00.